The second kappa shape index (κ2) is 7.86. The quantitative estimate of drug-likeness (QED) is 0.580. The summed E-state index contributed by atoms with van der Waals surface area (Å²) in [5.74, 6) is 0. The van der Waals surface area contributed by atoms with Gasteiger partial charge in [-0.15, -0.1) is 0 Å². The van der Waals surface area contributed by atoms with E-state index in [1.807, 2.05) is 0 Å². The van der Waals surface area contributed by atoms with Gasteiger partial charge >= 0.3 is 0 Å². The molecule has 19 heavy (non-hydrogen) atoms. The molecule has 0 saturated heterocycles. The van der Waals surface area contributed by atoms with E-state index in [-0.39, 0.29) is 5.69 Å². The monoisotopic (exact) mass is 266 g/mol. The standard InChI is InChI=1S/C14H22N2O3/c1-3-8-15(9-4-2)11-14(17)12-6-5-7-13(10-12)16(18)19/h5-7,10,14,17H,3-4,8-9,11H2,1-2H3. The minimum absolute atomic E-state index is 0.0223. The van der Waals surface area contributed by atoms with Crippen LogP contribution in [0.5, 0.6) is 0 Å². The summed E-state index contributed by atoms with van der Waals surface area (Å²) in [6, 6.07) is 6.22. The normalized spacial score (nSPS) is 12.6. The molecule has 1 atom stereocenters. The molecule has 0 bridgehead atoms. The summed E-state index contributed by atoms with van der Waals surface area (Å²) in [5.41, 5.74) is 0.625. The first-order chi connectivity index (χ1) is 9.08. The number of hydrogen-bond acceptors (Lipinski definition) is 4. The zero-order valence-electron chi connectivity index (χ0n) is 11.6. The average Bonchev–Trinajstić information content (AvgIpc) is 2.39. The Morgan fingerprint density at radius 1 is 1.32 bits per heavy atom. The molecule has 1 aromatic rings. The van der Waals surface area contributed by atoms with Crippen LogP contribution in [0.25, 0.3) is 0 Å². The number of nitro benzene ring substituents is 1. The van der Waals surface area contributed by atoms with E-state index >= 15 is 0 Å². The van der Waals surface area contributed by atoms with Crippen LogP contribution in [0, 0.1) is 10.1 Å². The molecule has 0 aliphatic heterocycles. The topological polar surface area (TPSA) is 66.6 Å². The third-order valence-electron chi connectivity index (χ3n) is 2.98. The van der Waals surface area contributed by atoms with Crippen LogP contribution in [0.1, 0.15) is 38.4 Å². The summed E-state index contributed by atoms with van der Waals surface area (Å²) in [4.78, 5) is 12.5. The van der Waals surface area contributed by atoms with Crippen molar-refractivity contribution >= 4 is 5.69 Å². The number of aliphatic hydroxyl groups is 1. The lowest BCUT2D eigenvalue weighted by atomic mass is 10.1. The van der Waals surface area contributed by atoms with E-state index in [0.29, 0.717) is 12.1 Å². The molecule has 0 radical (unpaired) electrons. The van der Waals surface area contributed by atoms with Crippen molar-refractivity contribution in [2.45, 2.75) is 32.8 Å². The Labute approximate surface area is 114 Å². The van der Waals surface area contributed by atoms with E-state index in [1.165, 1.54) is 12.1 Å². The van der Waals surface area contributed by atoms with Crippen molar-refractivity contribution in [3.05, 3.63) is 39.9 Å². The minimum Gasteiger partial charge on any atom is -0.387 e. The molecular formula is C14H22N2O3. The molecule has 0 aliphatic carbocycles. The number of aliphatic hydroxyl groups excluding tert-OH is 1. The van der Waals surface area contributed by atoms with E-state index in [2.05, 4.69) is 18.7 Å². The fourth-order valence-corrected chi connectivity index (χ4v) is 2.12. The van der Waals surface area contributed by atoms with Gasteiger partial charge in [0.2, 0.25) is 0 Å². The highest BCUT2D eigenvalue weighted by molar-refractivity contribution is 5.35. The van der Waals surface area contributed by atoms with Gasteiger partial charge in [-0.3, -0.25) is 10.1 Å². The Kier molecular flexibility index (Phi) is 6.45. The molecule has 0 spiro atoms. The molecule has 1 aromatic carbocycles. The first kappa shape index (κ1) is 15.6. The first-order valence-electron chi connectivity index (χ1n) is 6.73. The van der Waals surface area contributed by atoms with Gasteiger partial charge in [0.15, 0.2) is 0 Å². The number of nitro groups is 1. The Morgan fingerprint density at radius 2 is 1.95 bits per heavy atom. The van der Waals surface area contributed by atoms with E-state index in [1.54, 1.807) is 12.1 Å². The van der Waals surface area contributed by atoms with Gasteiger partial charge in [-0.25, -0.2) is 0 Å². The van der Waals surface area contributed by atoms with Gasteiger partial charge in [0.1, 0.15) is 0 Å². The molecule has 0 saturated carbocycles. The molecule has 1 N–H and O–H groups in total. The number of rotatable bonds is 8. The van der Waals surface area contributed by atoms with Gasteiger partial charge in [0.25, 0.3) is 5.69 Å². The van der Waals surface area contributed by atoms with Crippen molar-refractivity contribution in [3.63, 3.8) is 0 Å². The summed E-state index contributed by atoms with van der Waals surface area (Å²) in [5, 5.41) is 20.9. The van der Waals surface area contributed by atoms with Crippen LogP contribution >= 0.6 is 0 Å². The van der Waals surface area contributed by atoms with Gasteiger partial charge in [-0.2, -0.15) is 0 Å². The highest BCUT2D eigenvalue weighted by atomic mass is 16.6. The Balaban J connectivity index is 2.72. The van der Waals surface area contributed by atoms with Crippen LogP contribution in [-0.2, 0) is 0 Å². The SMILES string of the molecule is CCCN(CCC)CC(O)c1cccc([N+](=O)[O-])c1. The molecule has 0 aliphatic rings. The maximum atomic E-state index is 10.7. The summed E-state index contributed by atoms with van der Waals surface area (Å²) in [6.45, 7) is 6.58. The maximum absolute atomic E-state index is 10.7. The van der Waals surface area contributed by atoms with Crippen LogP contribution < -0.4 is 0 Å². The number of hydrogen-bond donors (Lipinski definition) is 1. The van der Waals surface area contributed by atoms with Crippen molar-refractivity contribution in [1.29, 1.82) is 0 Å². The smallest absolute Gasteiger partial charge is 0.269 e. The Morgan fingerprint density at radius 3 is 2.47 bits per heavy atom. The first-order valence-corrected chi connectivity index (χ1v) is 6.73. The number of nitrogens with zero attached hydrogens (tertiary/aromatic N) is 2. The minimum atomic E-state index is -0.682. The summed E-state index contributed by atoms with van der Waals surface area (Å²) >= 11 is 0. The predicted molar refractivity (Wildman–Crippen MR) is 75.1 cm³/mol. The lowest BCUT2D eigenvalue weighted by Crippen LogP contribution is -2.30. The van der Waals surface area contributed by atoms with Crippen molar-refractivity contribution in [1.82, 2.24) is 4.90 Å². The van der Waals surface area contributed by atoms with Crippen molar-refractivity contribution < 1.29 is 10.0 Å². The van der Waals surface area contributed by atoms with Crippen molar-refractivity contribution in [3.8, 4) is 0 Å². The fourth-order valence-electron chi connectivity index (χ4n) is 2.12. The van der Waals surface area contributed by atoms with Crippen LogP contribution in [0.3, 0.4) is 0 Å². The zero-order valence-corrected chi connectivity index (χ0v) is 11.6. The molecule has 1 unspecified atom stereocenters. The van der Waals surface area contributed by atoms with Crippen molar-refractivity contribution in [2.75, 3.05) is 19.6 Å². The van der Waals surface area contributed by atoms with Gasteiger partial charge in [-0.1, -0.05) is 26.0 Å². The lowest BCUT2D eigenvalue weighted by Gasteiger charge is -2.24. The van der Waals surface area contributed by atoms with E-state index in [9.17, 15) is 15.2 Å². The highest BCUT2D eigenvalue weighted by Gasteiger charge is 2.15. The van der Waals surface area contributed by atoms with Crippen LogP contribution in [-0.4, -0.2) is 34.6 Å². The summed E-state index contributed by atoms with van der Waals surface area (Å²) in [6.07, 6.45) is 1.38. The van der Waals surface area contributed by atoms with E-state index in [0.717, 1.165) is 25.9 Å². The number of non-ortho nitro benzene ring substituents is 1. The number of benzene rings is 1. The van der Waals surface area contributed by atoms with Gasteiger partial charge in [0, 0.05) is 18.7 Å². The van der Waals surface area contributed by atoms with Crippen molar-refractivity contribution in [2.24, 2.45) is 0 Å². The average molecular weight is 266 g/mol. The van der Waals surface area contributed by atoms with Crippen LogP contribution in [0.15, 0.2) is 24.3 Å². The second-order valence-electron chi connectivity index (χ2n) is 4.67. The Bertz CT molecular complexity index is 403. The third kappa shape index (κ3) is 4.96. The molecule has 0 amide bonds. The summed E-state index contributed by atoms with van der Waals surface area (Å²) < 4.78 is 0. The predicted octanol–water partition coefficient (Wildman–Crippen LogP) is 2.75. The second-order valence-corrected chi connectivity index (χ2v) is 4.67. The van der Waals surface area contributed by atoms with Crippen LogP contribution in [0.2, 0.25) is 0 Å². The van der Waals surface area contributed by atoms with E-state index < -0.39 is 11.0 Å². The summed E-state index contributed by atoms with van der Waals surface area (Å²) in [7, 11) is 0. The van der Waals surface area contributed by atoms with Gasteiger partial charge in [0.05, 0.1) is 11.0 Å². The molecule has 5 heteroatoms. The van der Waals surface area contributed by atoms with Gasteiger partial charge in [-0.05, 0) is 31.5 Å². The third-order valence-corrected chi connectivity index (χ3v) is 2.98. The highest BCUT2D eigenvalue weighted by Crippen LogP contribution is 2.20. The largest absolute Gasteiger partial charge is 0.387 e. The molecule has 0 fully saturated rings. The molecule has 1 rings (SSSR count). The molecular weight excluding hydrogens is 244 g/mol. The molecule has 0 heterocycles. The van der Waals surface area contributed by atoms with Gasteiger partial charge < -0.3 is 10.0 Å². The zero-order chi connectivity index (χ0) is 14.3. The maximum Gasteiger partial charge on any atom is 0.269 e. The van der Waals surface area contributed by atoms with Crippen LogP contribution in [0.4, 0.5) is 5.69 Å². The molecule has 106 valence electrons. The van der Waals surface area contributed by atoms with E-state index in [4.69, 9.17) is 0 Å². The molecule has 5 nitrogen and oxygen atoms in total. The lowest BCUT2D eigenvalue weighted by molar-refractivity contribution is -0.385. The fraction of sp³-hybridized carbons (Fsp3) is 0.571. The molecule has 0 aromatic heterocycles. The Hall–Kier alpha value is -1.46.